The van der Waals surface area contributed by atoms with E-state index in [0.29, 0.717) is 25.5 Å². The van der Waals surface area contributed by atoms with Crippen LogP contribution in [0.15, 0.2) is 47.5 Å². The van der Waals surface area contributed by atoms with Crippen LogP contribution >= 0.6 is 0 Å². The molecule has 7 heteroatoms. The van der Waals surface area contributed by atoms with Crippen molar-refractivity contribution in [3.05, 3.63) is 65.2 Å². The quantitative estimate of drug-likeness (QED) is 0.559. The molecule has 0 spiro atoms. The van der Waals surface area contributed by atoms with Gasteiger partial charge in [-0.1, -0.05) is 24.3 Å². The molecule has 0 aliphatic carbocycles. The summed E-state index contributed by atoms with van der Waals surface area (Å²) in [5, 5.41) is 9.11. The van der Waals surface area contributed by atoms with Gasteiger partial charge in [0.1, 0.15) is 11.6 Å². The second-order valence-electron chi connectivity index (χ2n) is 6.37. The van der Waals surface area contributed by atoms with Crippen LogP contribution in [-0.2, 0) is 11.2 Å². The van der Waals surface area contributed by atoms with Gasteiger partial charge in [-0.3, -0.25) is 9.79 Å². The van der Waals surface area contributed by atoms with E-state index >= 15 is 0 Å². The van der Waals surface area contributed by atoms with Gasteiger partial charge < -0.3 is 16.0 Å². The first-order valence-electron chi connectivity index (χ1n) is 8.84. The standard InChI is InChI=1S/C20H22F2N4O/c1-23-20(24-10-9-15-16(21)6-4-7-17(15)22)25-12-13-11-19(27)26-18-8-3-2-5-14(13)18/h2-8,13H,9-12H2,1H3,(H,26,27)(H2,23,24,25). The lowest BCUT2D eigenvalue weighted by Crippen LogP contribution is -2.41. The second kappa shape index (κ2) is 8.62. The predicted octanol–water partition coefficient (Wildman–Crippen LogP) is 2.80. The summed E-state index contributed by atoms with van der Waals surface area (Å²) in [6, 6.07) is 11.6. The van der Waals surface area contributed by atoms with Crippen LogP contribution in [-0.4, -0.2) is 32.0 Å². The van der Waals surface area contributed by atoms with Gasteiger partial charge in [-0.2, -0.15) is 0 Å². The minimum atomic E-state index is -0.551. The van der Waals surface area contributed by atoms with Gasteiger partial charge in [0, 0.05) is 43.7 Å². The molecule has 1 aliphatic heterocycles. The van der Waals surface area contributed by atoms with E-state index < -0.39 is 11.6 Å². The third-order valence-corrected chi connectivity index (χ3v) is 4.58. The molecule has 3 N–H and O–H groups in total. The third-order valence-electron chi connectivity index (χ3n) is 4.58. The van der Waals surface area contributed by atoms with E-state index in [1.165, 1.54) is 18.2 Å². The topological polar surface area (TPSA) is 65.5 Å². The van der Waals surface area contributed by atoms with Gasteiger partial charge in [-0.15, -0.1) is 0 Å². The highest BCUT2D eigenvalue weighted by Crippen LogP contribution is 2.31. The average molecular weight is 372 g/mol. The smallest absolute Gasteiger partial charge is 0.225 e. The second-order valence-corrected chi connectivity index (χ2v) is 6.37. The van der Waals surface area contributed by atoms with Crippen molar-refractivity contribution in [2.75, 3.05) is 25.5 Å². The Kier molecular flexibility index (Phi) is 6.01. The lowest BCUT2D eigenvalue weighted by molar-refractivity contribution is -0.116. The summed E-state index contributed by atoms with van der Waals surface area (Å²) in [6.45, 7) is 0.859. The maximum absolute atomic E-state index is 13.7. The van der Waals surface area contributed by atoms with E-state index in [9.17, 15) is 13.6 Å². The van der Waals surface area contributed by atoms with Crippen LogP contribution in [0.3, 0.4) is 0 Å². The molecule has 142 valence electrons. The Bertz CT molecular complexity index is 833. The fourth-order valence-electron chi connectivity index (χ4n) is 3.20. The average Bonchev–Trinajstić information content (AvgIpc) is 2.66. The van der Waals surface area contributed by atoms with Crippen LogP contribution in [0.5, 0.6) is 0 Å². The van der Waals surface area contributed by atoms with E-state index in [4.69, 9.17) is 0 Å². The largest absolute Gasteiger partial charge is 0.356 e. The molecule has 1 amide bonds. The van der Waals surface area contributed by atoms with Crippen LogP contribution in [0.25, 0.3) is 0 Å². The van der Waals surface area contributed by atoms with Crippen LogP contribution in [0, 0.1) is 11.6 Å². The van der Waals surface area contributed by atoms with Gasteiger partial charge in [0.15, 0.2) is 5.96 Å². The molecule has 1 atom stereocenters. The van der Waals surface area contributed by atoms with Crippen molar-refractivity contribution in [2.45, 2.75) is 18.8 Å². The summed E-state index contributed by atoms with van der Waals surface area (Å²) in [7, 11) is 1.63. The van der Waals surface area contributed by atoms with Crippen molar-refractivity contribution in [1.29, 1.82) is 0 Å². The lowest BCUT2D eigenvalue weighted by atomic mass is 9.90. The van der Waals surface area contributed by atoms with Gasteiger partial charge in [-0.25, -0.2) is 8.78 Å². The Morgan fingerprint density at radius 2 is 1.89 bits per heavy atom. The zero-order valence-corrected chi connectivity index (χ0v) is 15.1. The number of benzene rings is 2. The van der Waals surface area contributed by atoms with Crippen molar-refractivity contribution in [1.82, 2.24) is 10.6 Å². The summed E-state index contributed by atoms with van der Waals surface area (Å²) < 4.78 is 27.3. The highest BCUT2D eigenvalue weighted by atomic mass is 19.1. The molecule has 5 nitrogen and oxygen atoms in total. The number of rotatable bonds is 5. The molecule has 2 aromatic carbocycles. The van der Waals surface area contributed by atoms with Crippen molar-refractivity contribution in [3.8, 4) is 0 Å². The Labute approximate surface area is 156 Å². The van der Waals surface area contributed by atoms with E-state index in [2.05, 4.69) is 20.9 Å². The summed E-state index contributed by atoms with van der Waals surface area (Å²) in [4.78, 5) is 16.0. The highest BCUT2D eigenvalue weighted by Gasteiger charge is 2.24. The number of nitrogens with zero attached hydrogens (tertiary/aromatic N) is 1. The van der Waals surface area contributed by atoms with Crippen molar-refractivity contribution >= 4 is 17.6 Å². The van der Waals surface area contributed by atoms with Crippen molar-refractivity contribution in [2.24, 2.45) is 4.99 Å². The first-order chi connectivity index (χ1) is 13.1. The van der Waals surface area contributed by atoms with Gasteiger partial charge in [0.2, 0.25) is 5.91 Å². The molecule has 0 saturated carbocycles. The van der Waals surface area contributed by atoms with Crippen molar-refractivity contribution in [3.63, 3.8) is 0 Å². The fraction of sp³-hybridized carbons (Fsp3) is 0.300. The predicted molar refractivity (Wildman–Crippen MR) is 102 cm³/mol. The molecule has 0 bridgehead atoms. The number of nitrogens with one attached hydrogen (secondary N) is 3. The van der Waals surface area contributed by atoms with Crippen LogP contribution < -0.4 is 16.0 Å². The molecule has 1 aliphatic rings. The number of hydrogen-bond donors (Lipinski definition) is 3. The Hall–Kier alpha value is -2.96. The van der Waals surface area contributed by atoms with Crippen LogP contribution in [0.1, 0.15) is 23.5 Å². The summed E-state index contributed by atoms with van der Waals surface area (Å²) >= 11 is 0. The molecule has 3 rings (SSSR count). The normalized spacial score (nSPS) is 16.5. The molecular formula is C20H22F2N4O. The first-order valence-corrected chi connectivity index (χ1v) is 8.84. The number of fused-ring (bicyclic) bond motifs is 1. The molecule has 1 heterocycles. The first kappa shape index (κ1) is 18.8. The number of hydrogen-bond acceptors (Lipinski definition) is 2. The molecule has 2 aromatic rings. The number of carbonyl (C=O) groups excluding carboxylic acids is 1. The molecule has 0 saturated heterocycles. The van der Waals surface area contributed by atoms with E-state index in [0.717, 1.165) is 11.3 Å². The summed E-state index contributed by atoms with van der Waals surface area (Å²) in [6.07, 6.45) is 0.593. The Morgan fingerprint density at radius 1 is 1.15 bits per heavy atom. The maximum Gasteiger partial charge on any atom is 0.225 e. The minimum Gasteiger partial charge on any atom is -0.356 e. The SMILES string of the molecule is CN=C(NCCc1c(F)cccc1F)NCC1CC(=O)Nc2ccccc21. The number of para-hydroxylation sites is 1. The summed E-state index contributed by atoms with van der Waals surface area (Å²) in [5.41, 5.74) is 1.96. The number of guanidine groups is 1. The van der Waals surface area contributed by atoms with E-state index in [-0.39, 0.29) is 23.8 Å². The van der Waals surface area contributed by atoms with E-state index in [1.54, 1.807) is 7.05 Å². The number of amides is 1. The Morgan fingerprint density at radius 3 is 2.63 bits per heavy atom. The van der Waals surface area contributed by atoms with Gasteiger partial charge in [0.25, 0.3) is 0 Å². The van der Waals surface area contributed by atoms with Crippen molar-refractivity contribution < 1.29 is 13.6 Å². The zero-order valence-electron chi connectivity index (χ0n) is 15.1. The van der Waals surface area contributed by atoms with Gasteiger partial charge in [-0.05, 0) is 30.2 Å². The molecule has 1 unspecified atom stereocenters. The molecule has 0 radical (unpaired) electrons. The van der Waals surface area contributed by atoms with E-state index in [1.807, 2.05) is 24.3 Å². The van der Waals surface area contributed by atoms with Gasteiger partial charge in [0.05, 0.1) is 0 Å². The molecular weight excluding hydrogens is 350 g/mol. The zero-order chi connectivity index (χ0) is 19.2. The number of anilines is 1. The van der Waals surface area contributed by atoms with Crippen LogP contribution in [0.4, 0.5) is 14.5 Å². The number of carbonyl (C=O) groups is 1. The van der Waals surface area contributed by atoms with Gasteiger partial charge >= 0.3 is 0 Å². The minimum absolute atomic E-state index is 0.0153. The Balaban J connectivity index is 1.55. The number of aliphatic imine (C=N–C) groups is 1. The monoisotopic (exact) mass is 372 g/mol. The van der Waals surface area contributed by atoms with Crippen LogP contribution in [0.2, 0.25) is 0 Å². The number of halogens is 2. The molecule has 0 aromatic heterocycles. The molecule has 27 heavy (non-hydrogen) atoms. The maximum atomic E-state index is 13.7. The summed E-state index contributed by atoms with van der Waals surface area (Å²) in [5.74, 6) is -0.569. The highest BCUT2D eigenvalue weighted by molar-refractivity contribution is 5.94. The fourth-order valence-corrected chi connectivity index (χ4v) is 3.20. The lowest BCUT2D eigenvalue weighted by Gasteiger charge is -2.26. The molecule has 0 fully saturated rings. The third kappa shape index (κ3) is 4.61.